The molecule has 3 heteroatoms. The van der Waals surface area contributed by atoms with E-state index in [-0.39, 0.29) is 18.1 Å². The smallest absolute Gasteiger partial charge is 0.408 e. The number of hydrogen-bond donors (Lipinski definition) is 1. The number of carbonyl (C=O) groups is 1. The zero-order valence-corrected chi connectivity index (χ0v) is 11.8. The third-order valence-electron chi connectivity index (χ3n) is 2.52. The quantitative estimate of drug-likeness (QED) is 0.842. The average molecular weight is 259 g/mol. The standard InChI is InChI=1S/C16H21NO2/c1-5-14(11-16(2,3)4)17-15(18)19-12-13-9-7-6-8-10-13/h1,6-10,14H,11-12H2,2-4H3,(H,17,18). The van der Waals surface area contributed by atoms with Gasteiger partial charge in [0.25, 0.3) is 0 Å². The molecule has 0 aliphatic rings. The highest BCUT2D eigenvalue weighted by molar-refractivity contribution is 5.68. The van der Waals surface area contributed by atoms with E-state index in [0.29, 0.717) is 6.42 Å². The lowest BCUT2D eigenvalue weighted by Gasteiger charge is -2.23. The monoisotopic (exact) mass is 259 g/mol. The van der Waals surface area contributed by atoms with Crippen LogP contribution in [0.5, 0.6) is 0 Å². The molecular formula is C16H21NO2. The SMILES string of the molecule is C#CC(CC(C)(C)C)NC(=O)OCc1ccccc1. The molecule has 0 spiro atoms. The van der Waals surface area contributed by atoms with Crippen molar-refractivity contribution in [3.63, 3.8) is 0 Å². The Kier molecular flexibility index (Phi) is 5.44. The molecule has 0 saturated carbocycles. The zero-order valence-electron chi connectivity index (χ0n) is 11.8. The fraction of sp³-hybridized carbons (Fsp3) is 0.438. The minimum absolute atomic E-state index is 0.0593. The van der Waals surface area contributed by atoms with Gasteiger partial charge in [-0.1, -0.05) is 57.0 Å². The fourth-order valence-corrected chi connectivity index (χ4v) is 1.67. The molecule has 0 aliphatic heterocycles. The number of terminal acetylenes is 1. The Morgan fingerprint density at radius 3 is 2.53 bits per heavy atom. The van der Waals surface area contributed by atoms with Crippen molar-refractivity contribution in [2.45, 2.75) is 39.8 Å². The number of alkyl carbamates (subject to hydrolysis) is 1. The highest BCUT2D eigenvalue weighted by Gasteiger charge is 2.19. The average Bonchev–Trinajstić information content (AvgIpc) is 2.35. The summed E-state index contributed by atoms with van der Waals surface area (Å²) in [4.78, 5) is 11.6. The first-order valence-electron chi connectivity index (χ1n) is 6.34. The van der Waals surface area contributed by atoms with Crippen molar-refractivity contribution in [2.24, 2.45) is 5.41 Å². The van der Waals surface area contributed by atoms with Crippen LogP contribution in [0.4, 0.5) is 4.79 Å². The number of hydrogen-bond acceptors (Lipinski definition) is 2. The number of nitrogens with one attached hydrogen (secondary N) is 1. The summed E-state index contributed by atoms with van der Waals surface area (Å²) in [6, 6.07) is 9.23. The molecule has 3 nitrogen and oxygen atoms in total. The van der Waals surface area contributed by atoms with Crippen molar-refractivity contribution in [1.82, 2.24) is 5.32 Å². The Morgan fingerprint density at radius 2 is 2.00 bits per heavy atom. The van der Waals surface area contributed by atoms with Gasteiger partial charge in [-0.15, -0.1) is 6.42 Å². The summed E-state index contributed by atoms with van der Waals surface area (Å²) in [5.74, 6) is 2.58. The summed E-state index contributed by atoms with van der Waals surface area (Å²) >= 11 is 0. The Balaban J connectivity index is 2.40. The Hall–Kier alpha value is -1.95. The number of carbonyl (C=O) groups excluding carboxylic acids is 1. The minimum atomic E-state index is -0.476. The summed E-state index contributed by atoms with van der Waals surface area (Å²) in [5.41, 5.74) is 1.01. The molecule has 0 fully saturated rings. The van der Waals surface area contributed by atoms with Crippen molar-refractivity contribution in [2.75, 3.05) is 0 Å². The molecule has 1 amide bonds. The van der Waals surface area contributed by atoms with Crippen molar-refractivity contribution < 1.29 is 9.53 Å². The molecule has 1 rings (SSSR count). The van der Waals surface area contributed by atoms with Crippen molar-refractivity contribution in [3.8, 4) is 12.3 Å². The van der Waals surface area contributed by atoms with E-state index < -0.39 is 6.09 Å². The van der Waals surface area contributed by atoms with Gasteiger partial charge in [-0.2, -0.15) is 0 Å². The lowest BCUT2D eigenvalue weighted by molar-refractivity contribution is 0.135. The maximum atomic E-state index is 11.6. The molecule has 0 heterocycles. The largest absolute Gasteiger partial charge is 0.445 e. The van der Waals surface area contributed by atoms with Gasteiger partial charge in [0, 0.05) is 0 Å². The molecule has 1 atom stereocenters. The zero-order chi connectivity index (χ0) is 14.3. The second kappa shape index (κ2) is 6.84. The molecule has 1 aromatic carbocycles. The predicted octanol–water partition coefficient (Wildman–Crippen LogP) is 3.35. The first-order chi connectivity index (χ1) is 8.90. The number of amides is 1. The van der Waals surface area contributed by atoms with Crippen LogP contribution in [0.25, 0.3) is 0 Å². The van der Waals surface area contributed by atoms with Gasteiger partial charge in [0.2, 0.25) is 0 Å². The van der Waals surface area contributed by atoms with Crippen molar-refractivity contribution >= 4 is 6.09 Å². The van der Waals surface area contributed by atoms with E-state index in [9.17, 15) is 4.79 Å². The first-order valence-corrected chi connectivity index (χ1v) is 6.34. The molecule has 0 radical (unpaired) electrons. The highest BCUT2D eigenvalue weighted by atomic mass is 16.5. The first kappa shape index (κ1) is 15.1. The van der Waals surface area contributed by atoms with Gasteiger partial charge in [0.15, 0.2) is 0 Å². The predicted molar refractivity (Wildman–Crippen MR) is 76.5 cm³/mol. The summed E-state index contributed by atoms with van der Waals surface area (Å²) in [7, 11) is 0. The van der Waals surface area contributed by atoms with Crippen molar-refractivity contribution in [3.05, 3.63) is 35.9 Å². The van der Waals surface area contributed by atoms with Crippen LogP contribution >= 0.6 is 0 Å². The Bertz CT molecular complexity index is 440. The second-order valence-corrected chi connectivity index (χ2v) is 5.69. The lowest BCUT2D eigenvalue weighted by atomic mass is 9.88. The molecule has 102 valence electrons. The van der Waals surface area contributed by atoms with E-state index in [1.807, 2.05) is 30.3 Å². The summed E-state index contributed by atoms with van der Waals surface area (Å²) in [6.07, 6.45) is 5.65. The molecule has 0 saturated heterocycles. The van der Waals surface area contributed by atoms with Crippen LogP contribution in [0.1, 0.15) is 32.8 Å². The summed E-state index contributed by atoms with van der Waals surface area (Å²) in [5, 5.41) is 2.70. The van der Waals surface area contributed by atoms with Crippen LogP contribution < -0.4 is 5.32 Å². The van der Waals surface area contributed by atoms with Gasteiger partial charge in [-0.05, 0) is 17.4 Å². The lowest BCUT2D eigenvalue weighted by Crippen LogP contribution is -2.36. The van der Waals surface area contributed by atoms with E-state index in [1.54, 1.807) is 0 Å². The Morgan fingerprint density at radius 1 is 1.37 bits per heavy atom. The van der Waals surface area contributed by atoms with Gasteiger partial charge in [0.05, 0.1) is 6.04 Å². The Labute approximate surface area is 115 Å². The molecular weight excluding hydrogens is 238 g/mol. The third-order valence-corrected chi connectivity index (χ3v) is 2.52. The van der Waals surface area contributed by atoms with E-state index in [0.717, 1.165) is 5.56 Å². The number of ether oxygens (including phenoxy) is 1. The van der Waals surface area contributed by atoms with E-state index in [2.05, 4.69) is 32.0 Å². The highest BCUT2D eigenvalue weighted by Crippen LogP contribution is 2.20. The number of benzene rings is 1. The van der Waals surface area contributed by atoms with Crippen LogP contribution in [0, 0.1) is 17.8 Å². The minimum Gasteiger partial charge on any atom is -0.445 e. The summed E-state index contributed by atoms with van der Waals surface area (Å²) in [6.45, 7) is 6.48. The van der Waals surface area contributed by atoms with Crippen LogP contribution in [-0.2, 0) is 11.3 Å². The van der Waals surface area contributed by atoms with Gasteiger partial charge in [-0.25, -0.2) is 4.79 Å². The van der Waals surface area contributed by atoms with E-state index >= 15 is 0 Å². The maximum Gasteiger partial charge on any atom is 0.408 e. The normalized spacial score (nSPS) is 12.3. The number of rotatable bonds is 4. The fourth-order valence-electron chi connectivity index (χ4n) is 1.67. The molecule has 1 aromatic rings. The topological polar surface area (TPSA) is 38.3 Å². The second-order valence-electron chi connectivity index (χ2n) is 5.69. The van der Waals surface area contributed by atoms with E-state index in [4.69, 9.17) is 11.2 Å². The molecule has 0 bridgehead atoms. The molecule has 0 aromatic heterocycles. The van der Waals surface area contributed by atoms with Crippen LogP contribution in [0.3, 0.4) is 0 Å². The molecule has 0 aliphatic carbocycles. The maximum absolute atomic E-state index is 11.6. The molecule has 1 N–H and O–H groups in total. The van der Waals surface area contributed by atoms with Crippen LogP contribution in [-0.4, -0.2) is 12.1 Å². The van der Waals surface area contributed by atoms with Crippen molar-refractivity contribution in [1.29, 1.82) is 0 Å². The van der Waals surface area contributed by atoms with Gasteiger partial charge in [-0.3, -0.25) is 0 Å². The van der Waals surface area contributed by atoms with Gasteiger partial charge in [0.1, 0.15) is 6.61 Å². The third kappa shape index (κ3) is 6.52. The molecule has 1 unspecified atom stereocenters. The van der Waals surface area contributed by atoms with Crippen LogP contribution in [0.15, 0.2) is 30.3 Å². The van der Waals surface area contributed by atoms with E-state index in [1.165, 1.54) is 0 Å². The molecule has 19 heavy (non-hydrogen) atoms. The van der Waals surface area contributed by atoms with Crippen LogP contribution in [0.2, 0.25) is 0 Å². The van der Waals surface area contributed by atoms with Gasteiger partial charge < -0.3 is 10.1 Å². The van der Waals surface area contributed by atoms with Gasteiger partial charge >= 0.3 is 6.09 Å². The summed E-state index contributed by atoms with van der Waals surface area (Å²) < 4.78 is 5.13.